The molecule has 2 unspecified atom stereocenters. The zero-order chi connectivity index (χ0) is 11.9. The van der Waals surface area contributed by atoms with E-state index in [1.807, 2.05) is 18.7 Å². The summed E-state index contributed by atoms with van der Waals surface area (Å²) < 4.78 is 0. The lowest BCUT2D eigenvalue weighted by atomic mass is 10.1. The van der Waals surface area contributed by atoms with E-state index in [0.29, 0.717) is 17.7 Å². The maximum atomic E-state index is 11.7. The van der Waals surface area contributed by atoms with Crippen LogP contribution in [0.2, 0.25) is 0 Å². The van der Waals surface area contributed by atoms with Crippen LogP contribution in [0.5, 0.6) is 0 Å². The lowest BCUT2D eigenvalue weighted by Crippen LogP contribution is -2.36. The van der Waals surface area contributed by atoms with E-state index < -0.39 is 0 Å². The molecule has 4 heteroatoms. The van der Waals surface area contributed by atoms with Crippen molar-refractivity contribution in [3.05, 3.63) is 0 Å². The second-order valence-electron chi connectivity index (χ2n) is 5.27. The molecule has 1 saturated carbocycles. The number of amidine groups is 1. The highest BCUT2D eigenvalue weighted by Crippen LogP contribution is 2.41. The maximum absolute atomic E-state index is 11.7. The van der Waals surface area contributed by atoms with Crippen LogP contribution in [-0.2, 0) is 4.79 Å². The van der Waals surface area contributed by atoms with Crippen LogP contribution in [0.15, 0.2) is 4.99 Å². The molecule has 90 valence electrons. The minimum absolute atomic E-state index is 0.209. The molecule has 2 atom stereocenters. The van der Waals surface area contributed by atoms with Crippen molar-refractivity contribution < 1.29 is 4.79 Å². The third kappa shape index (κ3) is 2.26. The summed E-state index contributed by atoms with van der Waals surface area (Å²) >= 11 is 1.60. The number of rotatable bonds is 3. The molecule has 3 nitrogen and oxygen atoms in total. The van der Waals surface area contributed by atoms with E-state index in [1.165, 1.54) is 6.42 Å². The highest BCUT2D eigenvalue weighted by Gasteiger charge is 2.41. The molecular formula is C12H20N2OS. The van der Waals surface area contributed by atoms with E-state index in [2.05, 4.69) is 13.8 Å². The molecule has 0 aromatic carbocycles. The first-order chi connectivity index (χ1) is 7.50. The van der Waals surface area contributed by atoms with Crippen LogP contribution in [-0.4, -0.2) is 33.8 Å². The summed E-state index contributed by atoms with van der Waals surface area (Å²) in [6, 6.07) is 0.701. The van der Waals surface area contributed by atoms with Gasteiger partial charge in [-0.05, 0) is 32.1 Å². The van der Waals surface area contributed by atoms with Crippen molar-refractivity contribution in [2.45, 2.75) is 46.2 Å². The molecule has 0 spiro atoms. The van der Waals surface area contributed by atoms with Crippen molar-refractivity contribution in [3.63, 3.8) is 0 Å². The minimum Gasteiger partial charge on any atom is -0.288 e. The van der Waals surface area contributed by atoms with Crippen LogP contribution in [0.1, 0.15) is 34.1 Å². The van der Waals surface area contributed by atoms with Crippen molar-refractivity contribution >= 4 is 22.8 Å². The number of hydrogen-bond acceptors (Lipinski definition) is 3. The summed E-state index contributed by atoms with van der Waals surface area (Å²) in [4.78, 5) is 18.2. The molecule has 0 radical (unpaired) electrons. The second-order valence-corrected chi connectivity index (χ2v) is 6.21. The molecule has 0 aromatic rings. The predicted octanol–water partition coefficient (Wildman–Crippen LogP) is 2.37. The van der Waals surface area contributed by atoms with Crippen LogP contribution in [0.4, 0.5) is 0 Å². The number of hydrogen-bond donors (Lipinski definition) is 0. The van der Waals surface area contributed by atoms with Gasteiger partial charge in [-0.25, -0.2) is 0 Å². The van der Waals surface area contributed by atoms with Crippen molar-refractivity contribution in [3.8, 4) is 0 Å². The van der Waals surface area contributed by atoms with Gasteiger partial charge in [-0.3, -0.25) is 14.7 Å². The van der Waals surface area contributed by atoms with Gasteiger partial charge in [0, 0.05) is 6.04 Å². The Hall–Kier alpha value is -0.510. The lowest BCUT2D eigenvalue weighted by Gasteiger charge is -2.20. The van der Waals surface area contributed by atoms with Crippen LogP contribution in [0, 0.1) is 11.8 Å². The molecule has 1 heterocycles. The fourth-order valence-electron chi connectivity index (χ4n) is 2.19. The summed E-state index contributed by atoms with van der Waals surface area (Å²) in [5, 5.41) is 0.952. The van der Waals surface area contributed by atoms with Gasteiger partial charge >= 0.3 is 0 Å². The van der Waals surface area contributed by atoms with Crippen molar-refractivity contribution in [1.82, 2.24) is 4.90 Å². The van der Waals surface area contributed by atoms with E-state index in [9.17, 15) is 4.79 Å². The maximum Gasteiger partial charge on any atom is 0.239 e. The van der Waals surface area contributed by atoms with Gasteiger partial charge in [0.2, 0.25) is 5.91 Å². The summed E-state index contributed by atoms with van der Waals surface area (Å²) in [6.07, 6.45) is 1.20. The van der Waals surface area contributed by atoms with Crippen LogP contribution < -0.4 is 0 Å². The highest BCUT2D eigenvalue weighted by atomic mass is 32.2. The number of amides is 1. The molecule has 1 amide bonds. The number of nitrogens with zero attached hydrogens (tertiary/aromatic N) is 2. The zero-order valence-electron chi connectivity index (χ0n) is 10.4. The molecule has 0 bridgehead atoms. The largest absolute Gasteiger partial charge is 0.288 e. The number of carbonyl (C=O) groups excluding carboxylic acids is 1. The summed E-state index contributed by atoms with van der Waals surface area (Å²) in [7, 11) is 0. The standard InChI is InChI=1S/C12H20N2OS/c1-7(2)9-5-10(9)13-12-14(8(3)4)11(15)6-16-12/h7-10H,5-6H2,1-4H3/b13-12-. The Labute approximate surface area is 102 Å². The highest BCUT2D eigenvalue weighted by molar-refractivity contribution is 8.15. The van der Waals surface area contributed by atoms with E-state index in [-0.39, 0.29) is 11.9 Å². The van der Waals surface area contributed by atoms with Gasteiger partial charge in [0.15, 0.2) is 5.17 Å². The zero-order valence-corrected chi connectivity index (χ0v) is 11.3. The Bertz CT molecular complexity index is 325. The number of carbonyl (C=O) groups is 1. The van der Waals surface area contributed by atoms with Gasteiger partial charge in [-0.2, -0.15) is 0 Å². The topological polar surface area (TPSA) is 32.7 Å². The van der Waals surface area contributed by atoms with Gasteiger partial charge < -0.3 is 0 Å². The Kier molecular flexibility index (Phi) is 3.29. The molecule has 1 saturated heterocycles. The number of aliphatic imine (C=N–C) groups is 1. The summed E-state index contributed by atoms with van der Waals surface area (Å²) in [6.45, 7) is 8.59. The lowest BCUT2D eigenvalue weighted by molar-refractivity contribution is -0.125. The van der Waals surface area contributed by atoms with E-state index in [1.54, 1.807) is 11.8 Å². The molecule has 2 fully saturated rings. The van der Waals surface area contributed by atoms with Crippen molar-refractivity contribution in [2.75, 3.05) is 5.75 Å². The summed E-state index contributed by atoms with van der Waals surface area (Å²) in [5.41, 5.74) is 0. The molecule has 1 aliphatic carbocycles. The fourth-order valence-corrected chi connectivity index (χ4v) is 3.24. The third-order valence-corrected chi connectivity index (χ3v) is 4.20. The molecule has 2 rings (SSSR count). The van der Waals surface area contributed by atoms with Gasteiger partial charge in [0.1, 0.15) is 0 Å². The molecule has 16 heavy (non-hydrogen) atoms. The minimum atomic E-state index is 0.209. The average Bonchev–Trinajstić information content (AvgIpc) is 2.84. The van der Waals surface area contributed by atoms with Crippen LogP contribution >= 0.6 is 11.8 Å². The molecule has 0 aromatic heterocycles. The first-order valence-electron chi connectivity index (χ1n) is 6.03. The van der Waals surface area contributed by atoms with E-state index >= 15 is 0 Å². The first kappa shape index (κ1) is 12.0. The Morgan fingerprint density at radius 2 is 2.06 bits per heavy atom. The SMILES string of the molecule is CC(C)C1CC1/N=C1\SCC(=O)N1C(C)C. The number of thioether (sulfide) groups is 1. The predicted molar refractivity (Wildman–Crippen MR) is 68.6 cm³/mol. The molecular weight excluding hydrogens is 220 g/mol. The average molecular weight is 240 g/mol. The quantitative estimate of drug-likeness (QED) is 0.758. The van der Waals surface area contributed by atoms with Gasteiger partial charge in [0.05, 0.1) is 11.8 Å². The molecule has 0 N–H and O–H groups in total. The fraction of sp³-hybridized carbons (Fsp3) is 0.833. The van der Waals surface area contributed by atoms with Crippen LogP contribution in [0.3, 0.4) is 0 Å². The Balaban J connectivity index is 2.04. The van der Waals surface area contributed by atoms with Gasteiger partial charge in [-0.15, -0.1) is 0 Å². The van der Waals surface area contributed by atoms with E-state index in [4.69, 9.17) is 4.99 Å². The van der Waals surface area contributed by atoms with Crippen LogP contribution in [0.25, 0.3) is 0 Å². The monoisotopic (exact) mass is 240 g/mol. The first-order valence-corrected chi connectivity index (χ1v) is 7.02. The molecule has 1 aliphatic heterocycles. The molecule has 2 aliphatic rings. The van der Waals surface area contributed by atoms with Crippen molar-refractivity contribution in [2.24, 2.45) is 16.8 Å². The van der Waals surface area contributed by atoms with Gasteiger partial charge in [0.25, 0.3) is 0 Å². The Morgan fingerprint density at radius 3 is 2.56 bits per heavy atom. The van der Waals surface area contributed by atoms with Gasteiger partial charge in [-0.1, -0.05) is 25.6 Å². The third-order valence-electron chi connectivity index (χ3n) is 3.25. The smallest absolute Gasteiger partial charge is 0.239 e. The second kappa shape index (κ2) is 4.40. The normalized spacial score (nSPS) is 32.2. The Morgan fingerprint density at radius 1 is 1.38 bits per heavy atom. The van der Waals surface area contributed by atoms with E-state index in [0.717, 1.165) is 11.1 Å². The summed E-state index contributed by atoms with van der Waals surface area (Å²) in [5.74, 6) is 2.22. The van der Waals surface area contributed by atoms with Crippen molar-refractivity contribution in [1.29, 1.82) is 0 Å².